The number of benzene rings is 5. The van der Waals surface area contributed by atoms with E-state index >= 15 is 0 Å². The molecule has 3 aliphatic carbocycles. The van der Waals surface area contributed by atoms with E-state index in [1.54, 1.807) is 0 Å². The number of aromatic nitrogens is 3. The molecule has 5 heteroatoms. The number of nitrogens with zero attached hydrogens (tertiary/aromatic N) is 3. The first-order valence-corrected chi connectivity index (χ1v) is 19.5. The van der Waals surface area contributed by atoms with Gasteiger partial charge in [-0.2, -0.15) is 0 Å². The van der Waals surface area contributed by atoms with Gasteiger partial charge in [-0.05, 0) is 71.0 Å². The fraction of sp³-hybridized carbons (Fsp3) is 0.118. The quantitative estimate of drug-likeness (QED) is 0.171. The molecule has 3 atom stereocenters. The number of hydrogen-bond acceptors (Lipinski definition) is 5. The molecule has 11 rings (SSSR count). The Morgan fingerprint density at radius 1 is 0.589 bits per heavy atom. The SMILES string of the molecule is C1=CCC(C2=CCC(c3nc(C4=CC=C5c6ccccc6OC5C4)nc(-c4ccc5c(c4)oc4cccc(-c6cccc(-c7ccccc7)c6)c45)n3)C=C2)C=C1. The third-order valence-corrected chi connectivity index (χ3v) is 11.5. The minimum Gasteiger partial charge on any atom is -0.485 e. The number of para-hydroxylation sites is 1. The normalized spacial score (nSPS) is 19.6. The largest absolute Gasteiger partial charge is 0.485 e. The van der Waals surface area contributed by atoms with Crippen molar-refractivity contribution in [2.45, 2.75) is 31.3 Å². The van der Waals surface area contributed by atoms with Gasteiger partial charge >= 0.3 is 0 Å². The molecule has 0 spiro atoms. The van der Waals surface area contributed by atoms with Gasteiger partial charge in [0.1, 0.15) is 28.8 Å². The smallest absolute Gasteiger partial charge is 0.163 e. The monoisotopic (exact) mass is 723 g/mol. The van der Waals surface area contributed by atoms with E-state index in [4.69, 9.17) is 24.1 Å². The zero-order chi connectivity index (χ0) is 37.0. The fourth-order valence-electron chi connectivity index (χ4n) is 8.64. The van der Waals surface area contributed by atoms with Gasteiger partial charge in [-0.25, -0.2) is 15.0 Å². The highest BCUT2D eigenvalue weighted by Crippen LogP contribution is 2.44. The Kier molecular flexibility index (Phi) is 7.83. The Morgan fingerprint density at radius 3 is 2.32 bits per heavy atom. The molecule has 5 nitrogen and oxygen atoms in total. The van der Waals surface area contributed by atoms with Crippen molar-refractivity contribution in [3.8, 4) is 39.4 Å². The number of allylic oxidation sites excluding steroid dienone is 10. The predicted octanol–water partition coefficient (Wildman–Crippen LogP) is 12.5. The summed E-state index contributed by atoms with van der Waals surface area (Å²) in [6, 6.07) is 40.2. The Bertz CT molecular complexity index is 2890. The van der Waals surface area contributed by atoms with Gasteiger partial charge < -0.3 is 9.15 Å². The molecule has 1 aliphatic heterocycles. The summed E-state index contributed by atoms with van der Waals surface area (Å²) in [6.45, 7) is 0. The van der Waals surface area contributed by atoms with Gasteiger partial charge in [0.2, 0.25) is 0 Å². The second kappa shape index (κ2) is 13.5. The first-order chi connectivity index (χ1) is 27.7. The molecule has 268 valence electrons. The molecule has 0 N–H and O–H groups in total. The van der Waals surface area contributed by atoms with Crippen molar-refractivity contribution < 1.29 is 9.15 Å². The molecule has 0 bridgehead atoms. The summed E-state index contributed by atoms with van der Waals surface area (Å²) in [6.07, 6.45) is 22.5. The maximum absolute atomic E-state index is 6.60. The maximum atomic E-state index is 6.60. The Labute approximate surface area is 325 Å². The van der Waals surface area contributed by atoms with Crippen LogP contribution >= 0.6 is 0 Å². The molecule has 0 fully saturated rings. The van der Waals surface area contributed by atoms with Crippen molar-refractivity contribution in [1.82, 2.24) is 15.0 Å². The van der Waals surface area contributed by atoms with E-state index in [-0.39, 0.29) is 12.0 Å². The van der Waals surface area contributed by atoms with E-state index in [0.29, 0.717) is 24.0 Å². The van der Waals surface area contributed by atoms with Crippen molar-refractivity contribution in [3.63, 3.8) is 0 Å². The van der Waals surface area contributed by atoms with Gasteiger partial charge in [-0.1, -0.05) is 140 Å². The van der Waals surface area contributed by atoms with E-state index in [1.165, 1.54) is 22.3 Å². The van der Waals surface area contributed by atoms with E-state index < -0.39 is 0 Å². The van der Waals surface area contributed by atoms with Gasteiger partial charge in [0.15, 0.2) is 11.6 Å². The van der Waals surface area contributed by atoms with E-state index in [1.807, 2.05) is 12.1 Å². The molecule has 2 aromatic heterocycles. The average Bonchev–Trinajstić information content (AvgIpc) is 3.85. The highest BCUT2D eigenvalue weighted by atomic mass is 16.5. The number of furan rings is 1. The van der Waals surface area contributed by atoms with Crippen LogP contribution in [-0.2, 0) is 0 Å². The van der Waals surface area contributed by atoms with Crippen LogP contribution in [0.4, 0.5) is 0 Å². The van der Waals surface area contributed by atoms with E-state index in [9.17, 15) is 0 Å². The molecular formula is C51H37N3O2. The molecule has 7 aromatic rings. The van der Waals surface area contributed by atoms with Crippen LogP contribution in [-0.4, -0.2) is 21.1 Å². The van der Waals surface area contributed by atoms with Crippen LogP contribution in [0, 0.1) is 5.92 Å². The Morgan fingerprint density at radius 2 is 1.43 bits per heavy atom. The summed E-state index contributed by atoms with van der Waals surface area (Å²) in [5, 5.41) is 2.16. The number of hydrogen-bond donors (Lipinski definition) is 0. The lowest BCUT2D eigenvalue weighted by Crippen LogP contribution is -2.17. The van der Waals surface area contributed by atoms with Crippen molar-refractivity contribution >= 4 is 33.1 Å². The molecule has 4 aliphatic rings. The zero-order valence-corrected chi connectivity index (χ0v) is 30.7. The summed E-state index contributed by atoms with van der Waals surface area (Å²) in [7, 11) is 0. The Balaban J connectivity index is 0.985. The van der Waals surface area contributed by atoms with Gasteiger partial charge in [-0.3, -0.25) is 0 Å². The van der Waals surface area contributed by atoms with Crippen LogP contribution in [0.5, 0.6) is 5.75 Å². The molecule has 5 aromatic carbocycles. The lowest BCUT2D eigenvalue weighted by Gasteiger charge is -2.22. The highest BCUT2D eigenvalue weighted by Gasteiger charge is 2.32. The molecular weight excluding hydrogens is 687 g/mol. The molecule has 0 saturated carbocycles. The minimum absolute atomic E-state index is 0.0359. The van der Waals surface area contributed by atoms with E-state index in [2.05, 4.69) is 158 Å². The van der Waals surface area contributed by atoms with Crippen molar-refractivity contribution in [1.29, 1.82) is 0 Å². The molecule has 56 heavy (non-hydrogen) atoms. The van der Waals surface area contributed by atoms with Crippen LogP contribution < -0.4 is 4.74 Å². The van der Waals surface area contributed by atoms with Gasteiger partial charge in [0, 0.05) is 51.3 Å². The maximum Gasteiger partial charge on any atom is 0.163 e. The third-order valence-electron chi connectivity index (χ3n) is 11.5. The first kappa shape index (κ1) is 32.6. The van der Waals surface area contributed by atoms with Crippen LogP contribution in [0.15, 0.2) is 180 Å². The second-order valence-electron chi connectivity index (χ2n) is 15.0. The zero-order valence-electron chi connectivity index (χ0n) is 30.7. The molecule has 3 unspecified atom stereocenters. The van der Waals surface area contributed by atoms with Crippen LogP contribution in [0.1, 0.15) is 42.4 Å². The Hall–Kier alpha value is -6.85. The lowest BCUT2D eigenvalue weighted by atomic mass is 9.86. The summed E-state index contributed by atoms with van der Waals surface area (Å²) in [4.78, 5) is 15.5. The van der Waals surface area contributed by atoms with Crippen molar-refractivity contribution in [2.75, 3.05) is 0 Å². The average molecular weight is 724 g/mol. The standard InChI is InChI=1S/C51H37N3O2/c1-3-11-32(12-4-1)34-21-23-35(24-22-34)49-52-50(38-25-27-42-41-17-7-8-19-44(41)55-46(42)30-38)54-51(53-49)39-26-28-43-47(31-39)56-45-20-10-18-40(48(43)45)37-16-9-15-36(29-37)33-13-5-2-6-14-33/h1-11,13-23,25-29,31-32,35,46H,12,24,30H2. The number of ether oxygens (including phenoxy) is 1. The summed E-state index contributed by atoms with van der Waals surface area (Å²) in [5.41, 5.74) is 12.0. The fourth-order valence-corrected chi connectivity index (χ4v) is 8.64. The molecule has 0 radical (unpaired) electrons. The van der Waals surface area contributed by atoms with E-state index in [0.717, 1.165) is 74.2 Å². The van der Waals surface area contributed by atoms with Crippen molar-refractivity contribution in [3.05, 3.63) is 193 Å². The van der Waals surface area contributed by atoms with Crippen LogP contribution in [0.25, 0.3) is 66.7 Å². The van der Waals surface area contributed by atoms with Gasteiger partial charge in [0.25, 0.3) is 0 Å². The van der Waals surface area contributed by atoms with Gasteiger partial charge in [-0.15, -0.1) is 0 Å². The second-order valence-corrected chi connectivity index (χ2v) is 15.0. The topological polar surface area (TPSA) is 61.0 Å². The van der Waals surface area contributed by atoms with Crippen LogP contribution in [0.3, 0.4) is 0 Å². The highest BCUT2D eigenvalue weighted by molar-refractivity contribution is 6.13. The predicted molar refractivity (Wildman–Crippen MR) is 226 cm³/mol. The minimum atomic E-state index is -0.0665. The number of rotatable bonds is 6. The number of fused-ring (bicyclic) bond motifs is 6. The van der Waals surface area contributed by atoms with Crippen LogP contribution in [0.2, 0.25) is 0 Å². The summed E-state index contributed by atoms with van der Waals surface area (Å²) < 4.78 is 13.0. The lowest BCUT2D eigenvalue weighted by molar-refractivity contribution is 0.281. The third kappa shape index (κ3) is 5.75. The molecule has 0 saturated heterocycles. The molecule has 3 heterocycles. The van der Waals surface area contributed by atoms with Gasteiger partial charge in [0.05, 0.1) is 0 Å². The molecule has 0 amide bonds. The van der Waals surface area contributed by atoms with Crippen molar-refractivity contribution in [2.24, 2.45) is 5.92 Å². The summed E-state index contributed by atoms with van der Waals surface area (Å²) in [5.74, 6) is 3.47. The first-order valence-electron chi connectivity index (χ1n) is 19.5. The summed E-state index contributed by atoms with van der Waals surface area (Å²) >= 11 is 0.